The number of hydrogen-bond acceptors (Lipinski definition) is 5. The van der Waals surface area contributed by atoms with Crippen molar-refractivity contribution < 1.29 is 14.3 Å². The molecular formula is C26H24N4O3. The molecule has 7 heteroatoms. The lowest BCUT2D eigenvalue weighted by molar-refractivity contribution is -0.131. The zero-order valence-corrected chi connectivity index (χ0v) is 18.3. The van der Waals surface area contributed by atoms with Gasteiger partial charge in [0.25, 0.3) is 5.91 Å². The molecule has 7 nitrogen and oxygen atoms in total. The Bertz CT molecular complexity index is 1210. The third-order valence-electron chi connectivity index (χ3n) is 5.95. The molecule has 5 rings (SSSR count). The minimum Gasteiger partial charge on any atom is -0.497 e. The first kappa shape index (κ1) is 20.8. The van der Waals surface area contributed by atoms with Gasteiger partial charge in [-0.1, -0.05) is 54.6 Å². The lowest BCUT2D eigenvalue weighted by Gasteiger charge is -2.32. The predicted molar refractivity (Wildman–Crippen MR) is 127 cm³/mol. The molecule has 0 saturated heterocycles. The van der Waals surface area contributed by atoms with E-state index < -0.39 is 0 Å². The van der Waals surface area contributed by atoms with Gasteiger partial charge in [0, 0.05) is 6.42 Å². The average Bonchev–Trinajstić information content (AvgIpc) is 3.30. The summed E-state index contributed by atoms with van der Waals surface area (Å²) in [7, 11) is 1.63. The van der Waals surface area contributed by atoms with Gasteiger partial charge in [0.15, 0.2) is 0 Å². The van der Waals surface area contributed by atoms with Crippen LogP contribution >= 0.6 is 0 Å². The van der Waals surface area contributed by atoms with Crippen molar-refractivity contribution in [3.05, 3.63) is 90.0 Å². The molecule has 3 aromatic rings. The Hall–Kier alpha value is -4.13. The van der Waals surface area contributed by atoms with E-state index in [0.29, 0.717) is 12.1 Å². The smallest absolute Gasteiger partial charge is 0.262 e. The monoisotopic (exact) mass is 440 g/mol. The van der Waals surface area contributed by atoms with Gasteiger partial charge in [-0.25, -0.2) is 5.01 Å². The molecule has 0 unspecified atom stereocenters. The number of carbonyl (C=O) groups is 2. The summed E-state index contributed by atoms with van der Waals surface area (Å²) in [5.41, 5.74) is 4.38. The number of amides is 2. The van der Waals surface area contributed by atoms with E-state index in [1.54, 1.807) is 17.0 Å². The summed E-state index contributed by atoms with van der Waals surface area (Å²) in [5, 5.41) is 9.17. The second-order valence-corrected chi connectivity index (χ2v) is 8.07. The number of carbonyl (C=O) groups excluding carboxylic acids is 2. The summed E-state index contributed by atoms with van der Waals surface area (Å²) in [4.78, 5) is 27.5. The molecule has 0 aliphatic carbocycles. The van der Waals surface area contributed by atoms with Gasteiger partial charge in [0.05, 0.1) is 43.3 Å². The average molecular weight is 441 g/mol. The van der Waals surface area contributed by atoms with Crippen LogP contribution in [-0.4, -0.2) is 42.7 Å². The standard InChI is InChI=1S/C26H24N4O3/c1-33-20-13-11-19(12-14-20)24-15-22(18-7-3-2-4-8-18)28-30(24)26(32)17-29-16-25(31)27-21-9-5-6-10-23(21)29/h2-14,24H,15-17H2,1H3,(H,27,31)/t24-/m0/s1. The Kier molecular flexibility index (Phi) is 5.52. The van der Waals surface area contributed by atoms with E-state index in [4.69, 9.17) is 9.84 Å². The highest BCUT2D eigenvalue weighted by molar-refractivity contribution is 6.04. The molecule has 2 aliphatic heterocycles. The van der Waals surface area contributed by atoms with Gasteiger partial charge in [-0.2, -0.15) is 5.10 Å². The first-order valence-corrected chi connectivity index (χ1v) is 10.8. The molecular weight excluding hydrogens is 416 g/mol. The summed E-state index contributed by atoms with van der Waals surface area (Å²) < 4.78 is 5.29. The number of ether oxygens (including phenoxy) is 1. The van der Waals surface area contributed by atoms with Gasteiger partial charge in [-0.05, 0) is 35.4 Å². The number of anilines is 2. The van der Waals surface area contributed by atoms with Crippen LogP contribution in [0, 0.1) is 0 Å². The maximum absolute atomic E-state index is 13.5. The van der Waals surface area contributed by atoms with Crippen LogP contribution in [0.4, 0.5) is 11.4 Å². The molecule has 33 heavy (non-hydrogen) atoms. The van der Waals surface area contributed by atoms with Gasteiger partial charge < -0.3 is 15.0 Å². The molecule has 1 atom stereocenters. The molecule has 166 valence electrons. The Morgan fingerprint density at radius 2 is 1.76 bits per heavy atom. The van der Waals surface area contributed by atoms with Crippen molar-refractivity contribution in [3.63, 3.8) is 0 Å². The predicted octanol–water partition coefficient (Wildman–Crippen LogP) is 3.83. The van der Waals surface area contributed by atoms with Gasteiger partial charge in [0.1, 0.15) is 5.75 Å². The van der Waals surface area contributed by atoms with Gasteiger partial charge >= 0.3 is 0 Å². The Morgan fingerprint density at radius 1 is 1.03 bits per heavy atom. The molecule has 0 saturated carbocycles. The SMILES string of the molecule is COc1ccc([C@@H]2CC(c3ccccc3)=NN2C(=O)CN2CC(=O)Nc3ccccc32)cc1. The number of hydrogen-bond donors (Lipinski definition) is 1. The molecule has 1 N–H and O–H groups in total. The normalized spacial score (nSPS) is 17.3. The molecule has 2 amide bonds. The molecule has 2 aliphatic rings. The second-order valence-electron chi connectivity index (χ2n) is 8.07. The Labute approximate surface area is 192 Å². The fraction of sp³-hybridized carbons (Fsp3) is 0.192. The van der Waals surface area contributed by atoms with Crippen LogP contribution in [-0.2, 0) is 9.59 Å². The summed E-state index contributed by atoms with van der Waals surface area (Å²) in [6.45, 7) is 0.182. The molecule has 0 bridgehead atoms. The van der Waals surface area contributed by atoms with Crippen molar-refractivity contribution in [2.45, 2.75) is 12.5 Å². The molecule has 0 fully saturated rings. The van der Waals surface area contributed by atoms with E-state index in [1.165, 1.54) is 0 Å². The van der Waals surface area contributed by atoms with Crippen molar-refractivity contribution in [2.75, 3.05) is 30.4 Å². The summed E-state index contributed by atoms with van der Waals surface area (Å²) in [5.74, 6) is 0.462. The topological polar surface area (TPSA) is 74.2 Å². The number of benzene rings is 3. The fourth-order valence-corrected chi connectivity index (χ4v) is 4.31. The van der Waals surface area contributed by atoms with Gasteiger partial charge in [0.2, 0.25) is 5.91 Å². The van der Waals surface area contributed by atoms with E-state index in [9.17, 15) is 9.59 Å². The Morgan fingerprint density at radius 3 is 2.52 bits per heavy atom. The summed E-state index contributed by atoms with van der Waals surface area (Å²) in [6.07, 6.45) is 0.610. The molecule has 3 aromatic carbocycles. The highest BCUT2D eigenvalue weighted by Gasteiger charge is 2.35. The van der Waals surface area contributed by atoms with Crippen LogP contribution in [0.15, 0.2) is 84.0 Å². The third-order valence-corrected chi connectivity index (χ3v) is 5.95. The largest absolute Gasteiger partial charge is 0.497 e. The zero-order valence-electron chi connectivity index (χ0n) is 18.3. The van der Waals surface area contributed by atoms with E-state index in [2.05, 4.69) is 5.32 Å². The molecule has 2 heterocycles. The lowest BCUT2D eigenvalue weighted by Crippen LogP contribution is -2.44. The van der Waals surface area contributed by atoms with Crippen LogP contribution < -0.4 is 15.0 Å². The number of fused-ring (bicyclic) bond motifs is 1. The summed E-state index contributed by atoms with van der Waals surface area (Å²) in [6, 6.07) is 24.9. The van der Waals surface area contributed by atoms with Crippen molar-refractivity contribution in [3.8, 4) is 5.75 Å². The Balaban J connectivity index is 1.45. The summed E-state index contributed by atoms with van der Waals surface area (Å²) >= 11 is 0. The molecule has 0 radical (unpaired) electrons. The van der Waals surface area contributed by atoms with Crippen molar-refractivity contribution in [2.24, 2.45) is 5.10 Å². The number of hydrazone groups is 1. The van der Waals surface area contributed by atoms with Gasteiger partial charge in [-0.3, -0.25) is 9.59 Å². The highest BCUT2D eigenvalue weighted by Crippen LogP contribution is 2.35. The van der Waals surface area contributed by atoms with Crippen molar-refractivity contribution >= 4 is 28.9 Å². The van der Waals surface area contributed by atoms with Crippen LogP contribution in [0.5, 0.6) is 5.75 Å². The number of para-hydroxylation sites is 2. The van der Waals surface area contributed by atoms with E-state index in [1.807, 2.05) is 78.9 Å². The fourth-order valence-electron chi connectivity index (χ4n) is 4.31. The number of nitrogens with zero attached hydrogens (tertiary/aromatic N) is 3. The minimum absolute atomic E-state index is 0.0582. The van der Waals surface area contributed by atoms with Gasteiger partial charge in [-0.15, -0.1) is 0 Å². The van der Waals surface area contributed by atoms with E-state index in [-0.39, 0.29) is 30.9 Å². The second kappa shape index (κ2) is 8.78. The number of rotatable bonds is 5. The van der Waals surface area contributed by atoms with Crippen molar-refractivity contribution in [1.82, 2.24) is 5.01 Å². The van der Waals surface area contributed by atoms with Crippen LogP contribution in [0.2, 0.25) is 0 Å². The first-order chi connectivity index (χ1) is 16.1. The third kappa shape index (κ3) is 4.17. The van der Waals surface area contributed by atoms with E-state index in [0.717, 1.165) is 28.3 Å². The maximum Gasteiger partial charge on any atom is 0.262 e. The van der Waals surface area contributed by atoms with Crippen molar-refractivity contribution in [1.29, 1.82) is 0 Å². The molecule has 0 spiro atoms. The van der Waals surface area contributed by atoms with Crippen LogP contribution in [0.3, 0.4) is 0 Å². The quantitative estimate of drug-likeness (QED) is 0.654. The number of methoxy groups -OCH3 is 1. The maximum atomic E-state index is 13.5. The first-order valence-electron chi connectivity index (χ1n) is 10.8. The molecule has 0 aromatic heterocycles. The zero-order chi connectivity index (χ0) is 22.8. The van der Waals surface area contributed by atoms with Crippen LogP contribution in [0.1, 0.15) is 23.6 Å². The van der Waals surface area contributed by atoms with E-state index >= 15 is 0 Å². The number of nitrogens with one attached hydrogen (secondary N) is 1. The minimum atomic E-state index is -0.229. The highest BCUT2D eigenvalue weighted by atomic mass is 16.5. The lowest BCUT2D eigenvalue weighted by atomic mass is 9.98. The van der Waals surface area contributed by atoms with Crippen LogP contribution in [0.25, 0.3) is 0 Å².